The second-order valence-corrected chi connectivity index (χ2v) is 6.25. The monoisotopic (exact) mass is 316 g/mol. The number of carbonyl (C=O) groups is 1. The average molecular weight is 316 g/mol. The second-order valence-electron chi connectivity index (χ2n) is 4.68. The fraction of sp³-hybridized carbons (Fsp3) is 0.0625. The minimum absolute atomic E-state index is 0.528. The molecule has 0 aliphatic rings. The number of anilines is 1. The van der Waals surface area contributed by atoms with Crippen molar-refractivity contribution < 1.29 is 13.2 Å². The van der Waals surface area contributed by atoms with Crippen molar-refractivity contribution in [3.63, 3.8) is 0 Å². The van der Waals surface area contributed by atoms with Crippen LogP contribution in [-0.4, -0.2) is 14.4 Å². The van der Waals surface area contributed by atoms with Crippen molar-refractivity contribution in [1.82, 2.24) is 4.72 Å². The van der Waals surface area contributed by atoms with Gasteiger partial charge in [-0.2, -0.15) is 0 Å². The van der Waals surface area contributed by atoms with Gasteiger partial charge in [-0.15, -0.1) is 0 Å². The van der Waals surface area contributed by atoms with Gasteiger partial charge < -0.3 is 5.32 Å². The molecule has 2 rings (SSSR count). The molecule has 0 radical (unpaired) electrons. The van der Waals surface area contributed by atoms with Gasteiger partial charge in [0.2, 0.25) is 0 Å². The number of nitrogens with one attached hydrogen (secondary N) is 2. The Hall–Kier alpha value is -2.60. The van der Waals surface area contributed by atoms with E-state index >= 15 is 0 Å². The Labute approximate surface area is 129 Å². The number of benzene rings is 2. The number of urea groups is 1. The third kappa shape index (κ3) is 5.06. The Morgan fingerprint density at radius 3 is 2.45 bits per heavy atom. The molecule has 2 amide bonds. The highest BCUT2D eigenvalue weighted by molar-refractivity contribution is 7.93. The van der Waals surface area contributed by atoms with E-state index in [9.17, 15) is 13.2 Å². The van der Waals surface area contributed by atoms with Crippen molar-refractivity contribution in [3.05, 3.63) is 71.1 Å². The molecule has 5 nitrogen and oxygen atoms in total. The Morgan fingerprint density at radius 2 is 1.77 bits per heavy atom. The van der Waals surface area contributed by atoms with Crippen molar-refractivity contribution in [3.8, 4) is 0 Å². The smallest absolute Gasteiger partial charge is 0.307 e. The third-order valence-electron chi connectivity index (χ3n) is 2.75. The molecule has 22 heavy (non-hydrogen) atoms. The van der Waals surface area contributed by atoms with Gasteiger partial charge in [0.05, 0.1) is 5.41 Å². The summed E-state index contributed by atoms with van der Waals surface area (Å²) in [6.45, 7) is 1.88. The van der Waals surface area contributed by atoms with E-state index < -0.39 is 16.1 Å². The molecule has 0 aromatic heterocycles. The Balaban J connectivity index is 1.99. The maximum atomic E-state index is 11.8. The van der Waals surface area contributed by atoms with Crippen LogP contribution in [0.4, 0.5) is 10.5 Å². The van der Waals surface area contributed by atoms with Crippen LogP contribution >= 0.6 is 0 Å². The fourth-order valence-corrected chi connectivity index (χ4v) is 2.49. The standard InChI is InChI=1S/C16H16N2O3S/c1-13-6-5-9-15(12-13)17-16(19)18-22(20,21)11-10-14-7-3-2-4-8-14/h2-12H,1H3,(H2,17,18,19). The molecular weight excluding hydrogens is 300 g/mol. The van der Waals surface area contributed by atoms with Crippen molar-refractivity contribution in [2.75, 3.05) is 5.32 Å². The van der Waals surface area contributed by atoms with Crippen LogP contribution in [-0.2, 0) is 10.0 Å². The first kappa shape index (κ1) is 15.8. The van der Waals surface area contributed by atoms with Gasteiger partial charge in [0, 0.05) is 5.69 Å². The quantitative estimate of drug-likeness (QED) is 0.910. The van der Waals surface area contributed by atoms with E-state index in [1.807, 2.05) is 23.8 Å². The summed E-state index contributed by atoms with van der Waals surface area (Å²) in [6.07, 6.45) is 1.42. The average Bonchev–Trinajstić information content (AvgIpc) is 2.46. The molecule has 0 unspecified atom stereocenters. The first-order valence-corrected chi connectivity index (χ1v) is 8.13. The van der Waals surface area contributed by atoms with Crippen LogP contribution in [0.25, 0.3) is 6.08 Å². The molecule has 0 aliphatic carbocycles. The van der Waals surface area contributed by atoms with Gasteiger partial charge >= 0.3 is 6.03 Å². The van der Waals surface area contributed by atoms with Crippen LogP contribution in [0.15, 0.2) is 60.0 Å². The summed E-state index contributed by atoms with van der Waals surface area (Å²) < 4.78 is 25.6. The van der Waals surface area contributed by atoms with Gasteiger partial charge in [-0.25, -0.2) is 17.9 Å². The molecule has 0 spiro atoms. The van der Waals surface area contributed by atoms with Gasteiger partial charge in [0.1, 0.15) is 0 Å². The van der Waals surface area contributed by atoms with E-state index in [0.717, 1.165) is 16.5 Å². The predicted molar refractivity (Wildman–Crippen MR) is 87.7 cm³/mol. The Morgan fingerprint density at radius 1 is 1.05 bits per heavy atom. The van der Waals surface area contributed by atoms with E-state index in [-0.39, 0.29) is 0 Å². The molecule has 0 bridgehead atoms. The van der Waals surface area contributed by atoms with Crippen LogP contribution < -0.4 is 10.0 Å². The Bertz CT molecular complexity index is 784. The van der Waals surface area contributed by atoms with Crippen molar-refractivity contribution >= 4 is 27.8 Å². The van der Waals surface area contributed by atoms with Crippen LogP contribution in [0.3, 0.4) is 0 Å². The molecular formula is C16H16N2O3S. The number of rotatable bonds is 4. The maximum absolute atomic E-state index is 11.8. The lowest BCUT2D eigenvalue weighted by Crippen LogP contribution is -2.32. The zero-order chi connectivity index (χ0) is 16.0. The van der Waals surface area contributed by atoms with Crippen molar-refractivity contribution in [2.24, 2.45) is 0 Å². The molecule has 114 valence electrons. The van der Waals surface area contributed by atoms with Crippen molar-refractivity contribution in [1.29, 1.82) is 0 Å². The first-order chi connectivity index (χ1) is 10.4. The first-order valence-electron chi connectivity index (χ1n) is 6.58. The summed E-state index contributed by atoms with van der Waals surface area (Å²) in [5.74, 6) is 0. The number of hydrogen-bond donors (Lipinski definition) is 2. The van der Waals surface area contributed by atoms with E-state index in [2.05, 4.69) is 5.32 Å². The molecule has 0 atom stereocenters. The van der Waals surface area contributed by atoms with E-state index in [0.29, 0.717) is 5.69 Å². The van der Waals surface area contributed by atoms with Crippen molar-refractivity contribution in [2.45, 2.75) is 6.92 Å². The molecule has 2 N–H and O–H groups in total. The van der Waals surface area contributed by atoms with Crippen LogP contribution in [0, 0.1) is 6.92 Å². The van der Waals surface area contributed by atoms with Gasteiger partial charge in [0.15, 0.2) is 0 Å². The second kappa shape index (κ2) is 6.91. The number of amides is 2. The third-order valence-corrected chi connectivity index (χ3v) is 3.71. The van der Waals surface area contributed by atoms with Gasteiger partial charge in [-0.05, 0) is 36.3 Å². The summed E-state index contributed by atoms with van der Waals surface area (Å²) in [5, 5.41) is 3.43. The topological polar surface area (TPSA) is 75.3 Å². The maximum Gasteiger partial charge on any atom is 0.333 e. The van der Waals surface area contributed by atoms with Crippen LogP contribution in [0.2, 0.25) is 0 Å². The molecule has 2 aromatic carbocycles. The summed E-state index contributed by atoms with van der Waals surface area (Å²) >= 11 is 0. The molecule has 0 fully saturated rings. The highest BCUT2D eigenvalue weighted by Crippen LogP contribution is 2.09. The zero-order valence-electron chi connectivity index (χ0n) is 12.0. The normalized spacial score (nSPS) is 11.3. The fourth-order valence-electron chi connectivity index (χ4n) is 1.77. The van der Waals surface area contributed by atoms with E-state index in [1.54, 1.807) is 42.5 Å². The molecule has 0 saturated carbocycles. The lowest BCUT2D eigenvalue weighted by Gasteiger charge is -2.06. The summed E-state index contributed by atoms with van der Waals surface area (Å²) in [7, 11) is -3.85. The summed E-state index contributed by atoms with van der Waals surface area (Å²) in [4.78, 5) is 11.7. The van der Waals surface area contributed by atoms with E-state index in [1.165, 1.54) is 6.08 Å². The highest BCUT2D eigenvalue weighted by Gasteiger charge is 2.11. The predicted octanol–water partition coefficient (Wildman–Crippen LogP) is 3.12. The van der Waals surface area contributed by atoms with Gasteiger partial charge in [-0.1, -0.05) is 42.5 Å². The van der Waals surface area contributed by atoms with Crippen LogP contribution in [0.5, 0.6) is 0 Å². The number of hydrogen-bond acceptors (Lipinski definition) is 3. The number of aryl methyl sites for hydroxylation is 1. The van der Waals surface area contributed by atoms with E-state index in [4.69, 9.17) is 0 Å². The lowest BCUT2D eigenvalue weighted by molar-refractivity contribution is 0.256. The highest BCUT2D eigenvalue weighted by atomic mass is 32.2. The Kier molecular flexibility index (Phi) is 4.95. The number of carbonyl (C=O) groups excluding carboxylic acids is 1. The molecule has 0 saturated heterocycles. The van der Waals surface area contributed by atoms with Gasteiger partial charge in [-0.3, -0.25) is 0 Å². The van der Waals surface area contributed by atoms with Crippen LogP contribution in [0.1, 0.15) is 11.1 Å². The van der Waals surface area contributed by atoms with Gasteiger partial charge in [0.25, 0.3) is 10.0 Å². The SMILES string of the molecule is Cc1cccc(NC(=O)NS(=O)(=O)C=Cc2ccccc2)c1. The minimum Gasteiger partial charge on any atom is -0.307 e. The molecule has 0 aliphatic heterocycles. The lowest BCUT2D eigenvalue weighted by atomic mass is 10.2. The summed E-state index contributed by atoms with van der Waals surface area (Å²) in [6, 6.07) is 15.2. The zero-order valence-corrected chi connectivity index (χ0v) is 12.8. The number of sulfonamides is 1. The molecule has 2 aromatic rings. The molecule has 6 heteroatoms. The largest absolute Gasteiger partial charge is 0.333 e. The molecule has 0 heterocycles. The summed E-state index contributed by atoms with van der Waals surface area (Å²) in [5.41, 5.74) is 2.22. The minimum atomic E-state index is -3.85.